The summed E-state index contributed by atoms with van der Waals surface area (Å²) in [6, 6.07) is 0. The minimum absolute atomic E-state index is 0.319. The average molecular weight is 173 g/mol. The Bertz CT molecular complexity index is 250. The van der Waals surface area contributed by atoms with Crippen LogP contribution in [0, 0.1) is 0 Å². The number of hydrogen-bond acceptors (Lipinski definition) is 2. The van der Waals surface area contributed by atoms with Gasteiger partial charge in [0.25, 0.3) is 0 Å². The normalized spacial score (nSPS) is 13.0. The number of aryl methyl sites for hydroxylation is 1. The molecule has 4 heteroatoms. The molecule has 0 aromatic carbocycles. The van der Waals surface area contributed by atoms with E-state index in [2.05, 4.69) is 11.6 Å². The van der Waals surface area contributed by atoms with Gasteiger partial charge in [-0.25, -0.2) is 4.98 Å². The summed E-state index contributed by atoms with van der Waals surface area (Å²) in [5.41, 5.74) is 0.571. The summed E-state index contributed by atoms with van der Waals surface area (Å²) in [6.45, 7) is 3.45. The molecule has 1 atom stereocenters. The fraction of sp³-hybridized carbons (Fsp3) is 0.286. The molecule has 0 fully saturated rings. The number of aliphatic hydroxyl groups excluding tert-OH is 1. The molecule has 1 N–H and O–H groups in total. The molecule has 0 saturated carbocycles. The fourth-order valence-electron chi connectivity index (χ4n) is 0.853. The van der Waals surface area contributed by atoms with Crippen molar-refractivity contribution >= 4 is 11.6 Å². The monoisotopic (exact) mass is 172 g/mol. The molecular weight excluding hydrogens is 164 g/mol. The Balaban J connectivity index is 3.09. The summed E-state index contributed by atoms with van der Waals surface area (Å²) in [4.78, 5) is 3.81. The second-order valence-electron chi connectivity index (χ2n) is 2.21. The summed E-state index contributed by atoms with van der Waals surface area (Å²) >= 11 is 5.68. The van der Waals surface area contributed by atoms with Gasteiger partial charge in [-0.3, -0.25) is 0 Å². The number of rotatable bonds is 2. The van der Waals surface area contributed by atoms with Crippen LogP contribution in [0.1, 0.15) is 11.8 Å². The molecule has 1 aromatic rings. The summed E-state index contributed by atoms with van der Waals surface area (Å²) < 4.78 is 1.66. The maximum Gasteiger partial charge on any atom is 0.153 e. The number of aromatic nitrogens is 2. The average Bonchev–Trinajstić information content (AvgIpc) is 2.30. The third-order valence-corrected chi connectivity index (χ3v) is 1.73. The largest absolute Gasteiger partial charge is 0.383 e. The van der Waals surface area contributed by atoms with Crippen LogP contribution in [0.3, 0.4) is 0 Å². The van der Waals surface area contributed by atoms with Crippen molar-refractivity contribution < 1.29 is 5.11 Å². The minimum Gasteiger partial charge on any atom is -0.383 e. The SMILES string of the molecule is C=CC(O)c1c(Cl)ncn1C. The molecule has 1 unspecified atom stereocenters. The second kappa shape index (κ2) is 3.07. The van der Waals surface area contributed by atoms with Crippen LogP contribution in [-0.4, -0.2) is 14.7 Å². The van der Waals surface area contributed by atoms with Gasteiger partial charge in [0.05, 0.1) is 12.0 Å². The van der Waals surface area contributed by atoms with E-state index in [0.29, 0.717) is 10.8 Å². The van der Waals surface area contributed by atoms with Crippen molar-refractivity contribution in [1.82, 2.24) is 9.55 Å². The molecule has 0 saturated heterocycles. The molecule has 0 radical (unpaired) electrons. The lowest BCUT2D eigenvalue weighted by atomic mass is 10.3. The molecule has 1 heterocycles. The Kier molecular flexibility index (Phi) is 2.31. The Hall–Kier alpha value is -0.800. The lowest BCUT2D eigenvalue weighted by Crippen LogP contribution is -2.00. The van der Waals surface area contributed by atoms with Gasteiger partial charge < -0.3 is 9.67 Å². The van der Waals surface area contributed by atoms with Gasteiger partial charge in [0.15, 0.2) is 5.15 Å². The molecule has 0 amide bonds. The first-order valence-electron chi connectivity index (χ1n) is 3.14. The summed E-state index contributed by atoms with van der Waals surface area (Å²) in [5.74, 6) is 0. The molecule has 0 aliphatic rings. The molecule has 0 spiro atoms. The van der Waals surface area contributed by atoms with Crippen LogP contribution in [0.25, 0.3) is 0 Å². The van der Waals surface area contributed by atoms with Crippen LogP contribution >= 0.6 is 11.6 Å². The summed E-state index contributed by atoms with van der Waals surface area (Å²) in [7, 11) is 1.76. The second-order valence-corrected chi connectivity index (χ2v) is 2.57. The summed E-state index contributed by atoms with van der Waals surface area (Å²) in [5, 5.41) is 9.64. The van der Waals surface area contributed by atoms with Gasteiger partial charge in [0.1, 0.15) is 6.10 Å². The smallest absolute Gasteiger partial charge is 0.153 e. The molecule has 11 heavy (non-hydrogen) atoms. The van der Waals surface area contributed by atoms with Crippen molar-refractivity contribution in [3.8, 4) is 0 Å². The highest BCUT2D eigenvalue weighted by molar-refractivity contribution is 6.30. The molecule has 0 aliphatic heterocycles. The lowest BCUT2D eigenvalue weighted by Gasteiger charge is -2.05. The van der Waals surface area contributed by atoms with E-state index < -0.39 is 6.10 Å². The minimum atomic E-state index is -0.741. The van der Waals surface area contributed by atoms with E-state index in [1.54, 1.807) is 17.9 Å². The number of nitrogens with zero attached hydrogens (tertiary/aromatic N) is 2. The first kappa shape index (κ1) is 8.30. The highest BCUT2D eigenvalue weighted by Crippen LogP contribution is 2.20. The number of hydrogen-bond donors (Lipinski definition) is 1. The Morgan fingerprint density at radius 2 is 2.55 bits per heavy atom. The Labute approximate surface area is 69.9 Å². The fourth-order valence-corrected chi connectivity index (χ4v) is 1.14. The van der Waals surface area contributed by atoms with E-state index in [-0.39, 0.29) is 0 Å². The lowest BCUT2D eigenvalue weighted by molar-refractivity contribution is 0.220. The molecule has 3 nitrogen and oxygen atoms in total. The van der Waals surface area contributed by atoms with Crippen LogP contribution in [0.15, 0.2) is 19.0 Å². The van der Waals surface area contributed by atoms with Gasteiger partial charge in [-0.05, 0) is 0 Å². The van der Waals surface area contributed by atoms with Crippen molar-refractivity contribution in [2.75, 3.05) is 0 Å². The maximum absolute atomic E-state index is 9.32. The van der Waals surface area contributed by atoms with E-state index in [1.165, 1.54) is 6.08 Å². The zero-order valence-electron chi connectivity index (χ0n) is 6.16. The predicted molar refractivity (Wildman–Crippen MR) is 43.4 cm³/mol. The van der Waals surface area contributed by atoms with Crippen LogP contribution in [-0.2, 0) is 7.05 Å². The first-order valence-corrected chi connectivity index (χ1v) is 3.52. The van der Waals surface area contributed by atoms with Gasteiger partial charge in [0, 0.05) is 7.05 Å². The third-order valence-electron chi connectivity index (χ3n) is 1.44. The van der Waals surface area contributed by atoms with Crippen molar-refractivity contribution in [2.24, 2.45) is 7.05 Å². The van der Waals surface area contributed by atoms with Crippen molar-refractivity contribution in [3.63, 3.8) is 0 Å². The van der Waals surface area contributed by atoms with E-state index in [9.17, 15) is 5.11 Å². The van der Waals surface area contributed by atoms with Gasteiger partial charge in [-0.1, -0.05) is 17.7 Å². The van der Waals surface area contributed by atoms with E-state index in [1.807, 2.05) is 0 Å². The number of imidazole rings is 1. The van der Waals surface area contributed by atoms with Gasteiger partial charge in [-0.2, -0.15) is 0 Å². The molecular formula is C7H9ClN2O. The zero-order chi connectivity index (χ0) is 8.43. The topological polar surface area (TPSA) is 38.1 Å². The van der Waals surface area contributed by atoms with E-state index in [4.69, 9.17) is 11.6 Å². The van der Waals surface area contributed by atoms with Gasteiger partial charge in [-0.15, -0.1) is 6.58 Å². The summed E-state index contributed by atoms with van der Waals surface area (Å²) in [6.07, 6.45) is 2.21. The van der Waals surface area contributed by atoms with Gasteiger partial charge in [0.2, 0.25) is 0 Å². The molecule has 1 aromatic heterocycles. The Morgan fingerprint density at radius 3 is 2.91 bits per heavy atom. The zero-order valence-corrected chi connectivity index (χ0v) is 6.91. The first-order chi connectivity index (χ1) is 5.16. The standard InChI is InChI=1S/C7H9ClN2O/c1-3-5(11)6-7(8)9-4-10(6)2/h3-5,11H,1H2,2H3. The van der Waals surface area contributed by atoms with Crippen LogP contribution < -0.4 is 0 Å². The highest BCUT2D eigenvalue weighted by atomic mass is 35.5. The predicted octanol–water partition coefficient (Wildman–Crippen LogP) is 1.29. The van der Waals surface area contributed by atoms with Crippen molar-refractivity contribution in [1.29, 1.82) is 0 Å². The van der Waals surface area contributed by atoms with E-state index >= 15 is 0 Å². The molecule has 1 rings (SSSR count). The van der Waals surface area contributed by atoms with E-state index in [0.717, 1.165) is 0 Å². The van der Waals surface area contributed by atoms with Crippen molar-refractivity contribution in [2.45, 2.75) is 6.10 Å². The van der Waals surface area contributed by atoms with Gasteiger partial charge >= 0.3 is 0 Å². The molecule has 0 bridgehead atoms. The maximum atomic E-state index is 9.32. The number of halogens is 1. The van der Waals surface area contributed by atoms with Crippen LogP contribution in [0.5, 0.6) is 0 Å². The highest BCUT2D eigenvalue weighted by Gasteiger charge is 2.12. The van der Waals surface area contributed by atoms with Crippen molar-refractivity contribution in [3.05, 3.63) is 29.8 Å². The molecule has 0 aliphatic carbocycles. The third kappa shape index (κ3) is 1.44. The Morgan fingerprint density at radius 1 is 1.91 bits per heavy atom. The van der Waals surface area contributed by atoms with Crippen LogP contribution in [0.4, 0.5) is 0 Å². The quantitative estimate of drug-likeness (QED) is 0.683. The molecule has 60 valence electrons. The number of aliphatic hydroxyl groups is 1. The van der Waals surface area contributed by atoms with Crippen LogP contribution in [0.2, 0.25) is 5.15 Å².